The lowest BCUT2D eigenvalue weighted by Crippen LogP contribution is -2.38. The molecular weight excluding hydrogens is 254 g/mol. The summed E-state index contributed by atoms with van der Waals surface area (Å²) in [6.45, 7) is 6.26. The second-order valence-electron chi connectivity index (χ2n) is 6.15. The van der Waals surface area contributed by atoms with E-state index in [0.29, 0.717) is 6.61 Å². The third-order valence-electron chi connectivity index (χ3n) is 3.47. The van der Waals surface area contributed by atoms with Crippen LogP contribution >= 0.6 is 0 Å². The molecule has 2 aromatic rings. The molecule has 0 aromatic carbocycles. The Morgan fingerprint density at radius 1 is 1.40 bits per heavy atom. The van der Waals surface area contributed by atoms with E-state index < -0.39 is 5.41 Å². The molecule has 20 heavy (non-hydrogen) atoms. The Balaban J connectivity index is 1.94. The molecule has 0 bridgehead atoms. The van der Waals surface area contributed by atoms with Gasteiger partial charge in [-0.3, -0.25) is 9.63 Å². The summed E-state index contributed by atoms with van der Waals surface area (Å²) >= 11 is 0. The average molecular weight is 273 g/mol. The maximum atomic E-state index is 12.4. The Labute approximate surface area is 118 Å². The minimum Gasteiger partial charge on any atom is -0.307 e. The Morgan fingerprint density at radius 2 is 2.20 bits per heavy atom. The van der Waals surface area contributed by atoms with E-state index in [2.05, 4.69) is 4.98 Å². The number of pyridine rings is 1. The molecule has 1 saturated heterocycles. The highest BCUT2D eigenvalue weighted by Crippen LogP contribution is 2.33. The summed E-state index contributed by atoms with van der Waals surface area (Å²) in [4.78, 5) is 22.6. The molecule has 0 N–H and O–H groups in total. The van der Waals surface area contributed by atoms with Gasteiger partial charge in [-0.1, -0.05) is 26.8 Å². The molecule has 3 rings (SSSR count). The zero-order valence-electron chi connectivity index (χ0n) is 12.0. The first kappa shape index (κ1) is 13.1. The van der Waals surface area contributed by atoms with Crippen molar-refractivity contribution in [2.45, 2.75) is 33.2 Å². The summed E-state index contributed by atoms with van der Waals surface area (Å²) < 4.78 is 1.97. The van der Waals surface area contributed by atoms with E-state index in [4.69, 9.17) is 4.84 Å². The number of carbonyl (C=O) groups is 1. The van der Waals surface area contributed by atoms with Gasteiger partial charge in [-0.25, -0.2) is 10.0 Å². The molecule has 0 radical (unpaired) electrons. The minimum atomic E-state index is -0.457. The molecule has 1 fully saturated rings. The van der Waals surface area contributed by atoms with Crippen LogP contribution in [0, 0.1) is 5.41 Å². The lowest BCUT2D eigenvalue weighted by molar-refractivity contribution is -0.186. The average Bonchev–Trinajstić information content (AvgIpc) is 3.02. The van der Waals surface area contributed by atoms with Crippen molar-refractivity contribution in [3.8, 4) is 0 Å². The molecule has 5 nitrogen and oxygen atoms in total. The summed E-state index contributed by atoms with van der Waals surface area (Å²) in [6, 6.07) is 5.77. The predicted octanol–water partition coefficient (Wildman–Crippen LogP) is 2.59. The number of fused-ring (bicyclic) bond motifs is 1. The number of hydroxylamine groups is 2. The lowest BCUT2D eigenvalue weighted by atomic mass is 9.94. The first-order valence-corrected chi connectivity index (χ1v) is 6.87. The van der Waals surface area contributed by atoms with Crippen LogP contribution in [0.15, 0.2) is 30.6 Å². The number of amides is 1. The fourth-order valence-electron chi connectivity index (χ4n) is 2.38. The topological polar surface area (TPSA) is 46.8 Å². The molecule has 0 aliphatic carbocycles. The van der Waals surface area contributed by atoms with Crippen molar-refractivity contribution < 1.29 is 9.63 Å². The van der Waals surface area contributed by atoms with Crippen molar-refractivity contribution in [2.24, 2.45) is 5.41 Å². The van der Waals surface area contributed by atoms with Crippen molar-refractivity contribution in [1.82, 2.24) is 14.4 Å². The molecule has 3 heterocycles. The van der Waals surface area contributed by atoms with Gasteiger partial charge in [-0.15, -0.1) is 0 Å². The number of nitrogens with zero attached hydrogens (tertiary/aromatic N) is 3. The van der Waals surface area contributed by atoms with E-state index in [1.165, 1.54) is 5.06 Å². The van der Waals surface area contributed by atoms with E-state index in [0.717, 1.165) is 17.8 Å². The molecule has 1 aliphatic heterocycles. The summed E-state index contributed by atoms with van der Waals surface area (Å²) in [5.74, 6) is -0.00273. The van der Waals surface area contributed by atoms with E-state index in [1.807, 2.05) is 55.8 Å². The van der Waals surface area contributed by atoms with Crippen LogP contribution in [0.4, 0.5) is 0 Å². The van der Waals surface area contributed by atoms with Gasteiger partial charge in [0.05, 0.1) is 12.3 Å². The monoisotopic (exact) mass is 273 g/mol. The van der Waals surface area contributed by atoms with Crippen molar-refractivity contribution >= 4 is 11.6 Å². The van der Waals surface area contributed by atoms with Gasteiger partial charge in [0.2, 0.25) is 0 Å². The third kappa shape index (κ3) is 2.18. The minimum absolute atomic E-state index is 0.00273. The number of aromatic nitrogens is 2. The maximum absolute atomic E-state index is 12.4. The summed E-state index contributed by atoms with van der Waals surface area (Å²) in [6.07, 6.45) is 4.71. The van der Waals surface area contributed by atoms with Crippen LogP contribution in [-0.4, -0.2) is 27.0 Å². The second kappa shape index (κ2) is 4.59. The SMILES string of the molecule is CC(C)(C)C(=O)N1OCCC1c1cn2ccccc2n1. The lowest BCUT2D eigenvalue weighted by Gasteiger charge is -2.28. The van der Waals surface area contributed by atoms with Crippen LogP contribution in [0.3, 0.4) is 0 Å². The van der Waals surface area contributed by atoms with Gasteiger partial charge in [0.15, 0.2) is 0 Å². The van der Waals surface area contributed by atoms with E-state index in [1.54, 1.807) is 0 Å². The van der Waals surface area contributed by atoms with Gasteiger partial charge < -0.3 is 4.40 Å². The number of imidazole rings is 1. The number of hydrogen-bond acceptors (Lipinski definition) is 3. The van der Waals surface area contributed by atoms with Crippen molar-refractivity contribution in [1.29, 1.82) is 0 Å². The molecular formula is C15H19N3O2. The van der Waals surface area contributed by atoms with E-state index in [9.17, 15) is 4.79 Å². The van der Waals surface area contributed by atoms with Crippen LogP contribution in [-0.2, 0) is 9.63 Å². The van der Waals surface area contributed by atoms with Crippen LogP contribution in [0.1, 0.15) is 38.9 Å². The highest BCUT2D eigenvalue weighted by Gasteiger charge is 2.38. The first-order valence-electron chi connectivity index (χ1n) is 6.87. The fraction of sp³-hybridized carbons (Fsp3) is 0.467. The largest absolute Gasteiger partial charge is 0.307 e. The molecule has 1 unspecified atom stereocenters. The number of hydrogen-bond donors (Lipinski definition) is 0. The normalized spacial score (nSPS) is 19.8. The van der Waals surface area contributed by atoms with Gasteiger partial charge in [-0.05, 0) is 12.1 Å². The highest BCUT2D eigenvalue weighted by molar-refractivity contribution is 5.81. The molecule has 106 valence electrons. The van der Waals surface area contributed by atoms with Gasteiger partial charge in [0, 0.05) is 24.2 Å². The van der Waals surface area contributed by atoms with Crippen molar-refractivity contribution in [2.75, 3.05) is 6.61 Å². The van der Waals surface area contributed by atoms with Crippen molar-refractivity contribution in [3.05, 3.63) is 36.3 Å². The van der Waals surface area contributed by atoms with Crippen molar-refractivity contribution in [3.63, 3.8) is 0 Å². The molecule has 1 aliphatic rings. The molecule has 0 saturated carbocycles. The third-order valence-corrected chi connectivity index (χ3v) is 3.47. The summed E-state index contributed by atoms with van der Waals surface area (Å²) in [5.41, 5.74) is 1.31. The summed E-state index contributed by atoms with van der Waals surface area (Å²) in [7, 11) is 0. The highest BCUT2D eigenvalue weighted by atomic mass is 16.7. The van der Waals surface area contributed by atoms with Crippen LogP contribution in [0.25, 0.3) is 5.65 Å². The maximum Gasteiger partial charge on any atom is 0.252 e. The first-order chi connectivity index (χ1) is 9.47. The number of carbonyl (C=O) groups excluding carboxylic acids is 1. The van der Waals surface area contributed by atoms with E-state index >= 15 is 0 Å². The Bertz CT molecular complexity index is 609. The Morgan fingerprint density at radius 3 is 2.90 bits per heavy atom. The molecule has 1 atom stereocenters. The fourth-order valence-corrected chi connectivity index (χ4v) is 2.38. The Kier molecular flexibility index (Phi) is 3.01. The second-order valence-corrected chi connectivity index (χ2v) is 6.15. The van der Waals surface area contributed by atoms with Gasteiger partial charge in [0.1, 0.15) is 11.7 Å². The van der Waals surface area contributed by atoms with Gasteiger partial charge in [0.25, 0.3) is 5.91 Å². The van der Waals surface area contributed by atoms with Crippen LogP contribution in [0.5, 0.6) is 0 Å². The predicted molar refractivity (Wildman–Crippen MR) is 74.8 cm³/mol. The zero-order valence-corrected chi connectivity index (χ0v) is 12.0. The van der Waals surface area contributed by atoms with Crippen LogP contribution < -0.4 is 0 Å². The molecule has 2 aromatic heterocycles. The van der Waals surface area contributed by atoms with E-state index in [-0.39, 0.29) is 11.9 Å². The number of rotatable bonds is 1. The standard InChI is InChI=1S/C15H19N3O2/c1-15(2,3)14(19)18-12(7-9-20-18)11-10-17-8-5-4-6-13(17)16-11/h4-6,8,10,12H,7,9H2,1-3H3. The van der Waals surface area contributed by atoms with Gasteiger partial charge >= 0.3 is 0 Å². The Hall–Kier alpha value is -1.88. The summed E-state index contributed by atoms with van der Waals surface area (Å²) in [5, 5.41) is 1.50. The smallest absolute Gasteiger partial charge is 0.252 e. The molecule has 0 spiro atoms. The van der Waals surface area contributed by atoms with Crippen LogP contribution in [0.2, 0.25) is 0 Å². The molecule has 5 heteroatoms. The van der Waals surface area contributed by atoms with Gasteiger partial charge in [-0.2, -0.15) is 0 Å². The molecule has 1 amide bonds. The zero-order chi connectivity index (χ0) is 14.3. The quantitative estimate of drug-likeness (QED) is 0.802.